The van der Waals surface area contributed by atoms with Gasteiger partial charge in [0.05, 0.1) is 24.4 Å². The van der Waals surface area contributed by atoms with Gasteiger partial charge in [-0.15, -0.1) is 0 Å². The smallest absolute Gasteiger partial charge is 0.464 e. The zero-order valence-electron chi connectivity index (χ0n) is 14.4. The Morgan fingerprint density at radius 2 is 2.15 bits per heavy atom. The van der Waals surface area contributed by atoms with Crippen molar-refractivity contribution in [1.29, 1.82) is 0 Å². The lowest BCUT2D eigenvalue weighted by Gasteiger charge is -2.21. The molecule has 1 spiro atoms. The van der Waals surface area contributed by atoms with E-state index in [4.69, 9.17) is 9.15 Å². The average Bonchev–Trinajstić information content (AvgIpc) is 2.97. The van der Waals surface area contributed by atoms with E-state index in [0.29, 0.717) is 12.5 Å². The van der Waals surface area contributed by atoms with Gasteiger partial charge >= 0.3 is 7.12 Å². The molecule has 3 heterocycles. The van der Waals surface area contributed by atoms with Crippen LogP contribution in [0.1, 0.15) is 31.2 Å². The molecule has 1 aromatic carbocycles. The largest absolute Gasteiger partial charge is 0.475 e. The number of rotatable bonds is 5. The molecule has 5 rings (SSSR count). The SMILES string of the molecule is O=C(N[C@@H](Cc1coc2ccccc12)B(O)O)C1CC12CC1CCC2O1. The molecule has 7 heteroatoms. The van der Waals surface area contributed by atoms with Crippen LogP contribution in [0.5, 0.6) is 0 Å². The second kappa shape index (κ2) is 5.84. The fraction of sp³-hybridized carbons (Fsp3) is 0.526. The molecule has 0 radical (unpaired) electrons. The van der Waals surface area contributed by atoms with Gasteiger partial charge in [0, 0.05) is 16.7 Å². The van der Waals surface area contributed by atoms with E-state index in [1.54, 1.807) is 6.26 Å². The molecule has 1 amide bonds. The molecular weight excluding hydrogens is 333 g/mol. The van der Waals surface area contributed by atoms with E-state index in [0.717, 1.165) is 42.2 Å². The van der Waals surface area contributed by atoms with E-state index in [-0.39, 0.29) is 23.3 Å². The predicted molar refractivity (Wildman–Crippen MR) is 95.1 cm³/mol. The minimum Gasteiger partial charge on any atom is -0.464 e. The van der Waals surface area contributed by atoms with E-state index >= 15 is 0 Å². The average molecular weight is 355 g/mol. The number of hydrogen-bond donors (Lipinski definition) is 3. The van der Waals surface area contributed by atoms with Crippen molar-refractivity contribution < 1.29 is 24.0 Å². The van der Waals surface area contributed by atoms with Crippen molar-refractivity contribution in [2.24, 2.45) is 11.3 Å². The third-order valence-electron chi connectivity index (χ3n) is 6.48. The quantitative estimate of drug-likeness (QED) is 0.706. The number of carbonyl (C=O) groups excluding carboxylic acids is 1. The van der Waals surface area contributed by atoms with Gasteiger partial charge in [0.25, 0.3) is 0 Å². The number of amides is 1. The first-order valence-corrected chi connectivity index (χ1v) is 9.34. The summed E-state index contributed by atoms with van der Waals surface area (Å²) in [5.41, 5.74) is 1.60. The maximum Gasteiger partial charge on any atom is 0.475 e. The molecule has 1 aliphatic carbocycles. The van der Waals surface area contributed by atoms with E-state index in [1.165, 1.54) is 0 Å². The summed E-state index contributed by atoms with van der Waals surface area (Å²) in [5, 5.41) is 23.3. The Hall–Kier alpha value is -1.83. The maximum atomic E-state index is 12.7. The predicted octanol–water partition coefficient (Wildman–Crippen LogP) is 1.43. The fourth-order valence-corrected chi connectivity index (χ4v) is 5.03. The van der Waals surface area contributed by atoms with Crippen LogP contribution in [-0.4, -0.2) is 41.2 Å². The first-order chi connectivity index (χ1) is 12.6. The molecule has 2 bridgehead atoms. The number of carbonyl (C=O) groups is 1. The van der Waals surface area contributed by atoms with Gasteiger partial charge in [0.15, 0.2) is 0 Å². The lowest BCUT2D eigenvalue weighted by molar-refractivity contribution is -0.123. The van der Waals surface area contributed by atoms with Gasteiger partial charge in [0.1, 0.15) is 5.58 Å². The summed E-state index contributed by atoms with van der Waals surface area (Å²) in [4.78, 5) is 12.7. The monoisotopic (exact) mass is 355 g/mol. The summed E-state index contributed by atoms with van der Waals surface area (Å²) < 4.78 is 11.4. The van der Waals surface area contributed by atoms with Crippen molar-refractivity contribution in [3.05, 3.63) is 36.1 Å². The van der Waals surface area contributed by atoms with Gasteiger partial charge in [0.2, 0.25) is 5.91 Å². The summed E-state index contributed by atoms with van der Waals surface area (Å²) in [6, 6.07) is 7.59. The summed E-state index contributed by atoms with van der Waals surface area (Å²) in [6.45, 7) is 0. The fourth-order valence-electron chi connectivity index (χ4n) is 5.03. The molecule has 26 heavy (non-hydrogen) atoms. The van der Waals surface area contributed by atoms with Crippen LogP contribution in [0.2, 0.25) is 0 Å². The highest BCUT2D eigenvalue weighted by Gasteiger charge is 2.68. The Balaban J connectivity index is 1.29. The topological polar surface area (TPSA) is 91.9 Å². The first-order valence-electron chi connectivity index (χ1n) is 9.34. The summed E-state index contributed by atoms with van der Waals surface area (Å²) >= 11 is 0. The Labute approximate surface area is 151 Å². The third-order valence-corrected chi connectivity index (χ3v) is 6.48. The highest BCUT2D eigenvalue weighted by atomic mass is 16.5. The normalized spacial score (nSPS) is 32.9. The van der Waals surface area contributed by atoms with Crippen LogP contribution in [0, 0.1) is 11.3 Å². The molecule has 136 valence electrons. The van der Waals surface area contributed by atoms with Crippen molar-refractivity contribution in [2.75, 3.05) is 0 Å². The zero-order valence-corrected chi connectivity index (χ0v) is 14.4. The summed E-state index contributed by atoms with van der Waals surface area (Å²) in [7, 11) is -1.63. The van der Waals surface area contributed by atoms with E-state index in [2.05, 4.69) is 5.32 Å². The standard InChI is InChI=1S/C19H22BNO5/c22-18(14-9-19(14)8-12-5-6-16(19)26-12)21-17(20(23)24)7-11-10-25-15-4-2-1-3-13(11)15/h1-4,10,12,14,16-17,23-24H,5-9H2,(H,21,22)/t12?,14?,16?,17-,19?/m0/s1. The lowest BCUT2D eigenvalue weighted by Crippen LogP contribution is -2.49. The van der Waals surface area contributed by atoms with Crippen LogP contribution >= 0.6 is 0 Å². The lowest BCUT2D eigenvalue weighted by atomic mass is 9.75. The number of fused-ring (bicyclic) bond motifs is 4. The molecule has 3 aliphatic rings. The Morgan fingerprint density at radius 1 is 1.31 bits per heavy atom. The van der Waals surface area contributed by atoms with Gasteiger partial charge < -0.3 is 24.5 Å². The highest BCUT2D eigenvalue weighted by Crippen LogP contribution is 2.66. The van der Waals surface area contributed by atoms with Gasteiger partial charge in [-0.1, -0.05) is 18.2 Å². The van der Waals surface area contributed by atoms with Crippen LogP contribution < -0.4 is 5.32 Å². The number of benzene rings is 1. The number of furan rings is 1. The first kappa shape index (κ1) is 16.4. The molecule has 5 atom stereocenters. The molecular formula is C19H22BNO5. The van der Waals surface area contributed by atoms with E-state index in [9.17, 15) is 14.8 Å². The Morgan fingerprint density at radius 3 is 2.88 bits per heavy atom. The van der Waals surface area contributed by atoms with Crippen LogP contribution in [0.15, 0.2) is 34.9 Å². The van der Waals surface area contributed by atoms with Crippen LogP contribution in [0.3, 0.4) is 0 Å². The molecule has 1 saturated carbocycles. The minimum absolute atomic E-state index is 0.000293. The second-order valence-corrected chi connectivity index (χ2v) is 8.01. The van der Waals surface area contributed by atoms with E-state index in [1.807, 2.05) is 24.3 Å². The molecule has 1 aromatic heterocycles. The highest BCUT2D eigenvalue weighted by molar-refractivity contribution is 6.43. The minimum atomic E-state index is -1.63. The molecule has 6 nitrogen and oxygen atoms in total. The number of nitrogens with one attached hydrogen (secondary N) is 1. The van der Waals surface area contributed by atoms with Gasteiger partial charge in [-0.05, 0) is 43.7 Å². The number of hydrogen-bond acceptors (Lipinski definition) is 5. The van der Waals surface area contributed by atoms with Crippen molar-refractivity contribution in [3.8, 4) is 0 Å². The van der Waals surface area contributed by atoms with Crippen molar-refractivity contribution in [3.63, 3.8) is 0 Å². The zero-order chi connectivity index (χ0) is 17.9. The molecule has 2 aromatic rings. The van der Waals surface area contributed by atoms with Gasteiger partial charge in [-0.2, -0.15) is 0 Å². The molecule has 3 fully saturated rings. The van der Waals surface area contributed by atoms with Gasteiger partial charge in [-0.25, -0.2) is 0 Å². The molecule has 2 aliphatic heterocycles. The number of ether oxygens (including phenoxy) is 1. The summed E-state index contributed by atoms with van der Waals surface area (Å²) in [5.74, 6) is -0.923. The van der Waals surface area contributed by atoms with Crippen LogP contribution in [0.4, 0.5) is 0 Å². The Kier molecular flexibility index (Phi) is 3.67. The molecule has 4 unspecified atom stereocenters. The van der Waals surface area contributed by atoms with Crippen LogP contribution in [0.25, 0.3) is 11.0 Å². The summed E-state index contributed by atoms with van der Waals surface area (Å²) in [6.07, 6.45) is 6.41. The third kappa shape index (κ3) is 2.49. The maximum absolute atomic E-state index is 12.7. The number of para-hydroxylation sites is 1. The van der Waals surface area contributed by atoms with Crippen molar-refractivity contribution in [2.45, 2.75) is 50.3 Å². The van der Waals surface area contributed by atoms with Gasteiger partial charge in [-0.3, -0.25) is 4.79 Å². The van der Waals surface area contributed by atoms with E-state index < -0.39 is 13.1 Å². The van der Waals surface area contributed by atoms with Crippen molar-refractivity contribution >= 4 is 24.0 Å². The molecule has 2 saturated heterocycles. The molecule has 3 N–H and O–H groups in total. The second-order valence-electron chi connectivity index (χ2n) is 8.01. The Bertz CT molecular complexity index is 851. The van der Waals surface area contributed by atoms with Crippen molar-refractivity contribution in [1.82, 2.24) is 5.32 Å². The van der Waals surface area contributed by atoms with Crippen LogP contribution in [-0.2, 0) is 16.0 Å².